The second-order valence-electron chi connectivity index (χ2n) is 8.56. The summed E-state index contributed by atoms with van der Waals surface area (Å²) in [5, 5.41) is 15.0. The minimum Gasteiger partial charge on any atom is -0.477 e. The number of likely N-dealkylation sites (N-methyl/N-ethyl adjacent to an activating group) is 1. The maximum atomic E-state index is 12.9. The second kappa shape index (κ2) is 11.1. The van der Waals surface area contributed by atoms with Crippen molar-refractivity contribution < 1.29 is 38.0 Å². The number of carbonyl (C=O) groups excluding carboxylic acids is 3. The molecule has 36 heavy (non-hydrogen) atoms. The van der Waals surface area contributed by atoms with Crippen LogP contribution in [0.25, 0.3) is 0 Å². The molecule has 2 atom stereocenters. The predicted molar refractivity (Wildman–Crippen MR) is 129 cm³/mol. The van der Waals surface area contributed by atoms with Crippen molar-refractivity contribution in [1.29, 1.82) is 0 Å². The van der Waals surface area contributed by atoms with Crippen molar-refractivity contribution in [1.82, 2.24) is 19.6 Å². The van der Waals surface area contributed by atoms with Gasteiger partial charge in [0.1, 0.15) is 23.7 Å². The number of β-lactam (4-membered cyclic amide) rings is 1. The van der Waals surface area contributed by atoms with E-state index >= 15 is 0 Å². The predicted octanol–water partition coefficient (Wildman–Crippen LogP) is -0.272. The lowest BCUT2D eigenvalue weighted by molar-refractivity contribution is -0.876. The van der Waals surface area contributed by atoms with Gasteiger partial charge in [0.05, 0.1) is 20.6 Å². The van der Waals surface area contributed by atoms with Gasteiger partial charge in [-0.2, -0.15) is 9.36 Å². The number of fused-ring (bicyclic) bond motifs is 1. The van der Waals surface area contributed by atoms with Crippen LogP contribution in [0.5, 0.6) is 0 Å². The normalized spacial score (nSPS) is 20.3. The molecule has 2 amide bonds. The first-order chi connectivity index (χ1) is 16.9. The van der Waals surface area contributed by atoms with Crippen LogP contribution < -0.4 is 11.1 Å². The van der Waals surface area contributed by atoms with E-state index in [1.807, 2.05) is 14.1 Å². The smallest absolute Gasteiger partial charge is 0.352 e. The van der Waals surface area contributed by atoms with E-state index < -0.39 is 41.8 Å². The van der Waals surface area contributed by atoms with Crippen LogP contribution in [-0.2, 0) is 24.0 Å². The lowest BCUT2D eigenvalue weighted by Gasteiger charge is -2.49. The SMILES string of the molecule is CC(=O)C[N+](C)(C)C/C=C/C1=C(C(=O)O)N2C(=O)[C@@H](NC(=O)/C(=N\OCF)c3nsc(N)n3)[C@@H]2SC1. The largest absolute Gasteiger partial charge is 0.477 e. The zero-order valence-electron chi connectivity index (χ0n) is 19.6. The highest BCUT2D eigenvalue weighted by Gasteiger charge is 2.54. The quantitative estimate of drug-likeness (QED) is 0.146. The lowest BCUT2D eigenvalue weighted by Crippen LogP contribution is -2.71. The topological polar surface area (TPSA) is 177 Å². The van der Waals surface area contributed by atoms with Crippen LogP contribution in [0.3, 0.4) is 0 Å². The van der Waals surface area contributed by atoms with Gasteiger partial charge in [-0.1, -0.05) is 11.2 Å². The first-order valence-corrected chi connectivity index (χ1v) is 12.3. The molecule has 3 rings (SSSR count). The zero-order valence-corrected chi connectivity index (χ0v) is 21.3. The Bertz CT molecular complexity index is 1170. The first kappa shape index (κ1) is 27.2. The average molecular weight is 543 g/mol. The number of oxime groups is 1. The number of aliphatic carboxylic acids is 1. The number of carbonyl (C=O) groups is 4. The third kappa shape index (κ3) is 6.06. The number of hydrogen-bond acceptors (Lipinski definition) is 11. The zero-order chi connectivity index (χ0) is 26.6. The monoisotopic (exact) mass is 542 g/mol. The summed E-state index contributed by atoms with van der Waals surface area (Å²) in [6.07, 6.45) is 3.41. The molecule has 2 aliphatic rings. The molecule has 1 aromatic rings. The number of Topliss-reactive ketones (excluding diaryl/α,β-unsaturated/α-hetero) is 1. The number of quaternary nitrogens is 1. The number of nitrogen functional groups attached to an aromatic ring is 1. The molecule has 2 aliphatic heterocycles. The molecule has 0 aromatic carbocycles. The summed E-state index contributed by atoms with van der Waals surface area (Å²) in [6.45, 7) is 1.000. The number of carboxylic acids is 1. The van der Waals surface area contributed by atoms with Crippen LogP contribution >= 0.6 is 23.3 Å². The van der Waals surface area contributed by atoms with E-state index in [1.165, 1.54) is 18.7 Å². The maximum Gasteiger partial charge on any atom is 0.352 e. The number of halogens is 1. The number of anilines is 1. The molecule has 0 aliphatic carbocycles. The Hall–Kier alpha value is -3.37. The van der Waals surface area contributed by atoms with Gasteiger partial charge in [0.25, 0.3) is 18.7 Å². The number of thioether (sulfide) groups is 1. The van der Waals surface area contributed by atoms with E-state index in [9.17, 15) is 28.7 Å². The van der Waals surface area contributed by atoms with Gasteiger partial charge in [0.2, 0.25) is 11.5 Å². The van der Waals surface area contributed by atoms with Gasteiger partial charge < -0.3 is 25.5 Å². The number of nitrogens with zero attached hydrogens (tertiary/aromatic N) is 5. The summed E-state index contributed by atoms with van der Waals surface area (Å²) in [6, 6.07) is -1.06. The molecule has 1 aromatic heterocycles. The van der Waals surface area contributed by atoms with Crippen LogP contribution in [-0.4, -0.2) is 104 Å². The molecule has 1 fully saturated rings. The fourth-order valence-electron chi connectivity index (χ4n) is 3.73. The van der Waals surface area contributed by atoms with E-state index in [0.29, 0.717) is 23.1 Å². The van der Waals surface area contributed by atoms with Gasteiger partial charge in [-0.15, -0.1) is 11.8 Å². The number of carboxylic acid groups (broad SMARTS) is 1. The summed E-state index contributed by atoms with van der Waals surface area (Å²) < 4.78 is 16.7. The lowest BCUT2D eigenvalue weighted by atomic mass is 10.0. The van der Waals surface area contributed by atoms with E-state index in [0.717, 1.165) is 16.4 Å². The molecular weight excluding hydrogens is 517 g/mol. The average Bonchev–Trinajstić information content (AvgIpc) is 3.21. The van der Waals surface area contributed by atoms with Gasteiger partial charge in [-0.3, -0.25) is 19.3 Å². The Morgan fingerprint density at radius 2 is 2.14 bits per heavy atom. The summed E-state index contributed by atoms with van der Waals surface area (Å²) in [7, 11) is 3.75. The summed E-state index contributed by atoms with van der Waals surface area (Å²) >= 11 is 2.06. The third-order valence-electron chi connectivity index (χ3n) is 5.13. The molecule has 0 spiro atoms. The van der Waals surface area contributed by atoms with Crippen molar-refractivity contribution >= 4 is 57.7 Å². The van der Waals surface area contributed by atoms with Gasteiger partial charge >= 0.3 is 5.97 Å². The fraction of sp³-hybridized carbons (Fsp3) is 0.450. The minimum absolute atomic E-state index is 0.0349. The number of aromatic nitrogens is 2. The van der Waals surface area contributed by atoms with Crippen molar-refractivity contribution in [3.63, 3.8) is 0 Å². The molecule has 3 heterocycles. The van der Waals surface area contributed by atoms with Gasteiger partial charge in [0, 0.05) is 24.2 Å². The summed E-state index contributed by atoms with van der Waals surface area (Å²) in [5.74, 6) is -2.71. The highest BCUT2D eigenvalue weighted by molar-refractivity contribution is 8.00. The number of nitrogens with two attached hydrogens (primary N) is 1. The number of hydrogen-bond donors (Lipinski definition) is 3. The highest BCUT2D eigenvalue weighted by atomic mass is 32.2. The summed E-state index contributed by atoms with van der Waals surface area (Å²) in [5.41, 5.74) is 5.31. The van der Waals surface area contributed by atoms with Crippen LogP contribution in [0, 0.1) is 0 Å². The van der Waals surface area contributed by atoms with Gasteiger partial charge in [0.15, 0.2) is 10.9 Å². The van der Waals surface area contributed by atoms with E-state index in [1.54, 1.807) is 12.2 Å². The Morgan fingerprint density at radius 1 is 1.42 bits per heavy atom. The Labute approximate surface area is 213 Å². The molecule has 194 valence electrons. The number of amides is 2. The number of rotatable bonds is 11. The molecule has 16 heteroatoms. The van der Waals surface area contributed by atoms with Crippen LogP contribution in [0.1, 0.15) is 12.7 Å². The first-order valence-electron chi connectivity index (χ1n) is 10.5. The Kier molecular flexibility index (Phi) is 8.42. The van der Waals surface area contributed by atoms with Crippen LogP contribution in [0.2, 0.25) is 0 Å². The van der Waals surface area contributed by atoms with Crippen molar-refractivity contribution in [2.45, 2.75) is 18.3 Å². The van der Waals surface area contributed by atoms with Crippen molar-refractivity contribution in [3.05, 3.63) is 29.2 Å². The molecule has 0 saturated carbocycles. The minimum atomic E-state index is -1.31. The number of nitrogens with one attached hydrogen (secondary N) is 1. The standard InChI is InChI=1S/C20H24FN7O6S2/c1-10(29)7-28(2,3)6-4-5-11-8-35-18-13(17(31)27(18)14(11)19(32)33)23-16(30)12(25-34-9-21)15-24-20(22)36-26-15/h4-5,13,18H,6-9H2,1-3H3,(H3-,22,23,24,26,30,32,33)/p+1/b5-4+,25-12-/t13-,18+/m1/s1. The van der Waals surface area contributed by atoms with Crippen LogP contribution in [0.4, 0.5) is 9.52 Å². The van der Waals surface area contributed by atoms with Gasteiger partial charge in [-0.05, 0) is 11.6 Å². The Morgan fingerprint density at radius 3 is 2.72 bits per heavy atom. The second-order valence-corrected chi connectivity index (χ2v) is 10.4. The summed E-state index contributed by atoms with van der Waals surface area (Å²) in [4.78, 5) is 58.3. The third-order valence-corrected chi connectivity index (χ3v) is 6.97. The molecule has 13 nitrogen and oxygen atoms in total. The van der Waals surface area contributed by atoms with E-state index in [2.05, 4.69) is 24.7 Å². The maximum absolute atomic E-state index is 12.9. The van der Waals surface area contributed by atoms with Crippen LogP contribution in [0.15, 0.2) is 28.6 Å². The fourth-order valence-corrected chi connectivity index (χ4v) is 5.49. The molecule has 4 N–H and O–H groups in total. The van der Waals surface area contributed by atoms with Crippen molar-refractivity contribution in [3.8, 4) is 0 Å². The molecular formula is C20H25FN7O6S2+. The molecule has 0 radical (unpaired) electrons. The Balaban J connectivity index is 1.76. The number of ketones is 1. The van der Waals surface area contributed by atoms with E-state index in [-0.39, 0.29) is 28.2 Å². The number of allylic oxidation sites excluding steroid dienone is 1. The van der Waals surface area contributed by atoms with Crippen molar-refractivity contribution in [2.24, 2.45) is 5.16 Å². The highest BCUT2D eigenvalue weighted by Crippen LogP contribution is 2.40. The number of alkyl halides is 1. The van der Waals surface area contributed by atoms with Crippen molar-refractivity contribution in [2.75, 3.05) is 45.5 Å². The molecule has 1 saturated heterocycles. The molecule has 0 bridgehead atoms. The molecule has 0 unspecified atom stereocenters. The van der Waals surface area contributed by atoms with E-state index in [4.69, 9.17) is 5.73 Å². The van der Waals surface area contributed by atoms with Gasteiger partial charge in [-0.25, -0.2) is 9.18 Å².